The lowest BCUT2D eigenvalue weighted by atomic mass is 9.86. The Morgan fingerprint density at radius 3 is 2.53 bits per heavy atom. The Hall–Kier alpha value is -1.19. The number of hydrogen-bond donors (Lipinski definition) is 0. The molecule has 1 saturated heterocycles. The van der Waals surface area contributed by atoms with Gasteiger partial charge < -0.3 is 9.47 Å². The van der Waals surface area contributed by atoms with E-state index < -0.39 is 5.60 Å². The van der Waals surface area contributed by atoms with E-state index in [1.165, 1.54) is 11.1 Å². The first-order valence-corrected chi connectivity index (χ1v) is 6.80. The van der Waals surface area contributed by atoms with Crippen molar-refractivity contribution in [3.63, 3.8) is 0 Å². The average Bonchev–Trinajstić information content (AvgIpc) is 2.43. The van der Waals surface area contributed by atoms with Crippen molar-refractivity contribution in [2.75, 3.05) is 20.3 Å². The molecule has 0 atom stereocenters. The molecule has 0 spiro atoms. The number of ketones is 1. The van der Waals surface area contributed by atoms with E-state index in [1.54, 1.807) is 7.11 Å². The molecule has 3 nitrogen and oxygen atoms in total. The van der Waals surface area contributed by atoms with Crippen LogP contribution in [0.1, 0.15) is 29.5 Å². The van der Waals surface area contributed by atoms with Gasteiger partial charge in [0, 0.05) is 39.6 Å². The van der Waals surface area contributed by atoms with Crippen LogP contribution in [0.25, 0.3) is 0 Å². The normalized spacial score (nSPS) is 18.3. The molecule has 1 heterocycles. The molecule has 0 aliphatic carbocycles. The minimum absolute atomic E-state index is 0.168. The highest BCUT2D eigenvalue weighted by Gasteiger charge is 2.39. The molecule has 0 N–H and O–H groups in total. The first kappa shape index (κ1) is 14.2. The largest absolute Gasteiger partial charge is 0.381 e. The Morgan fingerprint density at radius 1 is 1.26 bits per heavy atom. The molecule has 1 aliphatic heterocycles. The van der Waals surface area contributed by atoms with Gasteiger partial charge in [0.25, 0.3) is 0 Å². The highest BCUT2D eigenvalue weighted by atomic mass is 16.5. The van der Waals surface area contributed by atoms with Gasteiger partial charge in [-0.3, -0.25) is 4.79 Å². The van der Waals surface area contributed by atoms with E-state index in [4.69, 9.17) is 9.47 Å². The zero-order valence-electron chi connectivity index (χ0n) is 12.0. The lowest BCUT2D eigenvalue weighted by Gasteiger charge is -2.34. The summed E-state index contributed by atoms with van der Waals surface area (Å²) in [5.74, 6) is 0.168. The van der Waals surface area contributed by atoms with Crippen LogP contribution in [-0.4, -0.2) is 31.7 Å². The molecule has 0 unspecified atom stereocenters. The first-order valence-electron chi connectivity index (χ1n) is 6.80. The second-order valence-corrected chi connectivity index (χ2v) is 5.33. The Balaban J connectivity index is 2.12. The molecule has 1 aromatic rings. The van der Waals surface area contributed by atoms with Crippen LogP contribution in [0.5, 0.6) is 0 Å². The van der Waals surface area contributed by atoms with Crippen LogP contribution in [0, 0.1) is 13.8 Å². The van der Waals surface area contributed by atoms with Gasteiger partial charge in [-0.15, -0.1) is 0 Å². The molecule has 0 bridgehead atoms. The van der Waals surface area contributed by atoms with Crippen molar-refractivity contribution in [2.45, 2.75) is 38.7 Å². The van der Waals surface area contributed by atoms with Gasteiger partial charge in [-0.05, 0) is 30.5 Å². The summed E-state index contributed by atoms with van der Waals surface area (Å²) in [7, 11) is 1.63. The molecule has 19 heavy (non-hydrogen) atoms. The summed E-state index contributed by atoms with van der Waals surface area (Å²) in [6.07, 6.45) is 1.76. The van der Waals surface area contributed by atoms with Crippen molar-refractivity contribution in [3.8, 4) is 0 Å². The molecule has 1 aliphatic rings. The monoisotopic (exact) mass is 262 g/mol. The number of methoxy groups -OCH3 is 1. The van der Waals surface area contributed by atoms with Crippen molar-refractivity contribution in [2.24, 2.45) is 0 Å². The third-order valence-electron chi connectivity index (χ3n) is 4.14. The van der Waals surface area contributed by atoms with Gasteiger partial charge in [0.2, 0.25) is 0 Å². The smallest absolute Gasteiger partial charge is 0.169 e. The van der Waals surface area contributed by atoms with Crippen LogP contribution in [0.4, 0.5) is 0 Å². The van der Waals surface area contributed by atoms with Gasteiger partial charge in [-0.2, -0.15) is 0 Å². The molecule has 0 saturated carbocycles. The number of hydrogen-bond acceptors (Lipinski definition) is 3. The maximum absolute atomic E-state index is 12.5. The molecular formula is C16H22O3. The number of rotatable bonds is 4. The van der Waals surface area contributed by atoms with Crippen molar-refractivity contribution in [1.29, 1.82) is 0 Å². The maximum Gasteiger partial charge on any atom is 0.169 e. The highest BCUT2D eigenvalue weighted by molar-refractivity contribution is 5.89. The predicted octanol–water partition coefficient (Wildman–Crippen LogP) is 2.61. The van der Waals surface area contributed by atoms with Crippen LogP contribution >= 0.6 is 0 Å². The summed E-state index contributed by atoms with van der Waals surface area (Å²) in [4.78, 5) is 12.5. The Labute approximate surface area is 114 Å². The Morgan fingerprint density at radius 2 is 1.95 bits per heavy atom. The Kier molecular flexibility index (Phi) is 4.38. The number of carbonyl (C=O) groups is 1. The maximum atomic E-state index is 12.5. The molecule has 1 fully saturated rings. The quantitative estimate of drug-likeness (QED) is 0.836. The van der Waals surface area contributed by atoms with Crippen LogP contribution in [0.3, 0.4) is 0 Å². The van der Waals surface area contributed by atoms with Crippen LogP contribution in [0.15, 0.2) is 18.2 Å². The highest BCUT2D eigenvalue weighted by Crippen LogP contribution is 2.27. The number of ether oxygens (including phenoxy) is 2. The zero-order chi connectivity index (χ0) is 13.9. The third kappa shape index (κ3) is 3.04. The van der Waals surface area contributed by atoms with Crippen molar-refractivity contribution in [3.05, 3.63) is 34.9 Å². The second kappa shape index (κ2) is 5.85. The van der Waals surface area contributed by atoms with Gasteiger partial charge in [0.1, 0.15) is 5.60 Å². The molecule has 2 rings (SSSR count). The fourth-order valence-corrected chi connectivity index (χ4v) is 2.56. The summed E-state index contributed by atoms with van der Waals surface area (Å²) in [6, 6.07) is 6.19. The number of carbonyl (C=O) groups excluding carboxylic acids is 1. The molecule has 104 valence electrons. The molecule has 3 heteroatoms. The number of aryl methyl sites for hydroxylation is 2. The fourth-order valence-electron chi connectivity index (χ4n) is 2.56. The summed E-state index contributed by atoms with van der Waals surface area (Å²) in [6.45, 7) is 5.36. The van der Waals surface area contributed by atoms with E-state index in [0.29, 0.717) is 32.5 Å². The van der Waals surface area contributed by atoms with E-state index in [2.05, 4.69) is 26.0 Å². The standard InChI is InChI=1S/C16H22O3/c1-12-4-5-14(10-13(12)2)11-15(17)16(18-3)6-8-19-9-7-16/h4-5,10H,6-9,11H2,1-3H3. The van der Waals surface area contributed by atoms with E-state index in [9.17, 15) is 4.79 Å². The van der Waals surface area contributed by atoms with Gasteiger partial charge in [-0.25, -0.2) is 0 Å². The summed E-state index contributed by atoms with van der Waals surface area (Å²) in [5.41, 5.74) is 2.90. The van der Waals surface area contributed by atoms with Gasteiger partial charge >= 0.3 is 0 Å². The van der Waals surface area contributed by atoms with Gasteiger partial charge in [0.15, 0.2) is 5.78 Å². The predicted molar refractivity (Wildman–Crippen MR) is 74.4 cm³/mol. The SMILES string of the molecule is COC1(C(=O)Cc2ccc(C)c(C)c2)CCOCC1. The fraction of sp³-hybridized carbons (Fsp3) is 0.562. The van der Waals surface area contributed by atoms with Crippen LogP contribution in [-0.2, 0) is 20.7 Å². The van der Waals surface area contributed by atoms with E-state index in [-0.39, 0.29) is 5.78 Å². The Bertz CT molecular complexity index is 459. The van der Waals surface area contributed by atoms with Crippen molar-refractivity contribution < 1.29 is 14.3 Å². The van der Waals surface area contributed by atoms with Gasteiger partial charge in [-0.1, -0.05) is 18.2 Å². The molecule has 1 aromatic carbocycles. The average molecular weight is 262 g/mol. The second-order valence-electron chi connectivity index (χ2n) is 5.33. The van der Waals surface area contributed by atoms with E-state index in [1.807, 2.05) is 6.07 Å². The van der Waals surface area contributed by atoms with Crippen molar-refractivity contribution in [1.82, 2.24) is 0 Å². The topological polar surface area (TPSA) is 35.5 Å². The van der Waals surface area contributed by atoms with Gasteiger partial charge in [0.05, 0.1) is 0 Å². The first-order chi connectivity index (χ1) is 9.07. The zero-order valence-corrected chi connectivity index (χ0v) is 12.0. The van der Waals surface area contributed by atoms with E-state index >= 15 is 0 Å². The summed E-state index contributed by atoms with van der Waals surface area (Å²) >= 11 is 0. The lowest BCUT2D eigenvalue weighted by Crippen LogP contribution is -2.46. The molecule has 0 amide bonds. The molecule has 0 aromatic heterocycles. The van der Waals surface area contributed by atoms with Crippen molar-refractivity contribution >= 4 is 5.78 Å². The molecular weight excluding hydrogens is 240 g/mol. The van der Waals surface area contributed by atoms with Crippen LogP contribution < -0.4 is 0 Å². The minimum Gasteiger partial charge on any atom is -0.381 e. The lowest BCUT2D eigenvalue weighted by molar-refractivity contribution is -0.151. The number of benzene rings is 1. The molecule has 0 radical (unpaired) electrons. The minimum atomic E-state index is -0.642. The number of Topliss-reactive ketones (excluding diaryl/α,β-unsaturated/α-hetero) is 1. The summed E-state index contributed by atoms with van der Waals surface area (Å²) < 4.78 is 10.9. The van der Waals surface area contributed by atoms with Crippen LogP contribution in [0.2, 0.25) is 0 Å². The van der Waals surface area contributed by atoms with E-state index in [0.717, 1.165) is 5.56 Å². The third-order valence-corrected chi connectivity index (χ3v) is 4.14. The summed E-state index contributed by atoms with van der Waals surface area (Å²) in [5, 5.41) is 0.